The molecule has 0 saturated carbocycles. The molecule has 0 spiro atoms. The minimum atomic E-state index is -0.172. The summed E-state index contributed by atoms with van der Waals surface area (Å²) in [6.07, 6.45) is 0. The van der Waals surface area contributed by atoms with Crippen molar-refractivity contribution in [2.45, 2.75) is 5.22 Å². The van der Waals surface area contributed by atoms with E-state index in [9.17, 15) is 4.79 Å². The molecule has 1 amide bonds. The number of likely N-dealkylation sites (N-methyl/N-ethyl adjacent to an activating group) is 1. The normalized spacial score (nSPS) is 14.6. The lowest BCUT2D eigenvalue weighted by Gasteiger charge is -2.35. The Balaban J connectivity index is 1.38. The molecular weight excluding hydrogens is 457 g/mol. The van der Waals surface area contributed by atoms with E-state index in [4.69, 9.17) is 27.6 Å². The number of benzene rings is 2. The Hall–Kier alpha value is -2.26. The number of nitrogens with zero attached hydrogens (tertiary/aromatic N) is 4. The molecule has 1 saturated heterocycles. The highest BCUT2D eigenvalue weighted by Gasteiger charge is 2.21. The maximum Gasteiger partial charge on any atom is 0.277 e. The van der Waals surface area contributed by atoms with Gasteiger partial charge < -0.3 is 19.5 Å². The Morgan fingerprint density at radius 3 is 2.58 bits per heavy atom. The first-order valence-corrected chi connectivity index (χ1v) is 11.5. The number of hydrogen-bond acceptors (Lipinski definition) is 7. The summed E-state index contributed by atoms with van der Waals surface area (Å²) in [5, 5.41) is 12.6. The maximum absolute atomic E-state index is 12.6. The summed E-state index contributed by atoms with van der Waals surface area (Å²) in [5.41, 5.74) is 2.33. The van der Waals surface area contributed by atoms with E-state index < -0.39 is 0 Å². The van der Waals surface area contributed by atoms with E-state index in [-0.39, 0.29) is 11.7 Å². The SMILES string of the molecule is CN1CCN(c2c(Cl)cccc2NC(=O)CSc2nnc(-c3ccc(Cl)cc3)o2)CC1. The third-order valence-electron chi connectivity index (χ3n) is 4.90. The number of carbonyl (C=O) groups excluding carboxylic acids is 1. The fourth-order valence-electron chi connectivity index (χ4n) is 3.26. The molecule has 7 nitrogen and oxygen atoms in total. The predicted octanol–water partition coefficient (Wildman–Crippen LogP) is 4.53. The highest BCUT2D eigenvalue weighted by molar-refractivity contribution is 7.99. The zero-order chi connectivity index (χ0) is 21.8. The maximum atomic E-state index is 12.6. The van der Waals surface area contributed by atoms with Crippen molar-refractivity contribution in [2.24, 2.45) is 0 Å². The number of rotatable bonds is 6. The number of carbonyl (C=O) groups is 1. The summed E-state index contributed by atoms with van der Waals surface area (Å²) in [4.78, 5) is 17.1. The van der Waals surface area contributed by atoms with Gasteiger partial charge in [-0.2, -0.15) is 0 Å². The lowest BCUT2D eigenvalue weighted by Crippen LogP contribution is -2.44. The fraction of sp³-hybridized carbons (Fsp3) is 0.286. The van der Waals surface area contributed by atoms with Gasteiger partial charge in [0.05, 0.1) is 22.2 Å². The summed E-state index contributed by atoms with van der Waals surface area (Å²) in [6, 6.07) is 12.7. The Morgan fingerprint density at radius 1 is 1.10 bits per heavy atom. The van der Waals surface area contributed by atoms with Crippen molar-refractivity contribution in [1.29, 1.82) is 0 Å². The standard InChI is InChI=1S/C21H21Cl2N5O2S/c1-27-9-11-28(12-10-27)19-16(23)3-2-4-17(19)24-18(29)13-31-21-26-25-20(30-21)14-5-7-15(22)8-6-14/h2-8H,9-13H2,1H3,(H,24,29). The second-order valence-electron chi connectivity index (χ2n) is 7.14. The average molecular weight is 478 g/mol. The van der Waals surface area contributed by atoms with Crippen LogP contribution in [0, 0.1) is 0 Å². The third-order valence-corrected chi connectivity index (χ3v) is 6.28. The van der Waals surface area contributed by atoms with E-state index in [1.54, 1.807) is 24.3 Å². The Morgan fingerprint density at radius 2 is 1.84 bits per heavy atom. The monoisotopic (exact) mass is 477 g/mol. The van der Waals surface area contributed by atoms with Crippen LogP contribution in [0.15, 0.2) is 52.1 Å². The quantitative estimate of drug-likeness (QED) is 0.522. The fourth-order valence-corrected chi connectivity index (χ4v) is 4.24. The molecule has 0 atom stereocenters. The van der Waals surface area contributed by atoms with Gasteiger partial charge in [0, 0.05) is 36.8 Å². The number of nitrogens with one attached hydrogen (secondary N) is 1. The van der Waals surface area contributed by atoms with Gasteiger partial charge >= 0.3 is 0 Å². The van der Waals surface area contributed by atoms with E-state index in [0.29, 0.717) is 26.8 Å². The molecule has 162 valence electrons. The number of para-hydroxylation sites is 1. The van der Waals surface area contributed by atoms with Crippen molar-refractivity contribution < 1.29 is 9.21 Å². The van der Waals surface area contributed by atoms with E-state index >= 15 is 0 Å². The number of aromatic nitrogens is 2. The van der Waals surface area contributed by atoms with Gasteiger partial charge in [-0.15, -0.1) is 10.2 Å². The Kier molecular flexibility index (Phi) is 7.02. The molecule has 1 N–H and O–H groups in total. The second kappa shape index (κ2) is 9.91. The number of anilines is 2. The van der Waals surface area contributed by atoms with Crippen molar-refractivity contribution >= 4 is 52.2 Å². The van der Waals surface area contributed by atoms with Gasteiger partial charge in [-0.05, 0) is 43.4 Å². The van der Waals surface area contributed by atoms with Crippen molar-refractivity contribution in [2.75, 3.05) is 49.2 Å². The van der Waals surface area contributed by atoms with Gasteiger partial charge in [-0.1, -0.05) is 41.0 Å². The molecular formula is C21H21Cl2N5O2S. The highest BCUT2D eigenvalue weighted by atomic mass is 35.5. The lowest BCUT2D eigenvalue weighted by atomic mass is 10.2. The molecule has 0 radical (unpaired) electrons. The molecule has 1 aliphatic heterocycles. The van der Waals surface area contributed by atoms with Crippen LogP contribution in [0.5, 0.6) is 0 Å². The highest BCUT2D eigenvalue weighted by Crippen LogP contribution is 2.35. The molecule has 3 aromatic rings. The molecule has 10 heteroatoms. The van der Waals surface area contributed by atoms with Crippen molar-refractivity contribution in [3.63, 3.8) is 0 Å². The molecule has 2 heterocycles. The van der Waals surface area contributed by atoms with E-state index in [1.807, 2.05) is 18.2 Å². The Bertz CT molecular complexity index is 1050. The summed E-state index contributed by atoms with van der Waals surface area (Å²) in [5.74, 6) is 0.345. The smallest absolute Gasteiger partial charge is 0.277 e. The van der Waals surface area contributed by atoms with Gasteiger partial charge in [0.25, 0.3) is 5.22 Å². The minimum absolute atomic E-state index is 0.136. The third kappa shape index (κ3) is 5.51. The zero-order valence-electron chi connectivity index (χ0n) is 16.8. The molecule has 1 fully saturated rings. The number of hydrogen-bond donors (Lipinski definition) is 1. The van der Waals surface area contributed by atoms with Crippen molar-refractivity contribution in [3.05, 3.63) is 52.5 Å². The van der Waals surface area contributed by atoms with Gasteiger partial charge in [0.1, 0.15) is 0 Å². The van der Waals surface area contributed by atoms with Gasteiger partial charge in [0.2, 0.25) is 11.8 Å². The van der Waals surface area contributed by atoms with Crippen LogP contribution in [0.25, 0.3) is 11.5 Å². The average Bonchev–Trinajstić information content (AvgIpc) is 3.23. The van der Waals surface area contributed by atoms with E-state index in [0.717, 1.165) is 37.4 Å². The number of thioether (sulfide) groups is 1. The lowest BCUT2D eigenvalue weighted by molar-refractivity contribution is -0.113. The number of halogens is 2. The van der Waals surface area contributed by atoms with Gasteiger partial charge in [0.15, 0.2) is 0 Å². The van der Waals surface area contributed by atoms with Crippen LogP contribution in [0.3, 0.4) is 0 Å². The first kappa shape index (κ1) is 22.0. The zero-order valence-corrected chi connectivity index (χ0v) is 19.2. The molecule has 1 aromatic heterocycles. The molecule has 0 aliphatic carbocycles. The van der Waals surface area contributed by atoms with Crippen LogP contribution in [-0.4, -0.2) is 60.0 Å². The first-order valence-electron chi connectivity index (χ1n) is 9.74. The second-order valence-corrected chi connectivity index (χ2v) is 8.91. The van der Waals surface area contributed by atoms with Crippen molar-refractivity contribution in [3.8, 4) is 11.5 Å². The van der Waals surface area contributed by atoms with E-state index in [2.05, 4.69) is 32.4 Å². The van der Waals surface area contributed by atoms with Crippen LogP contribution in [0.2, 0.25) is 10.0 Å². The topological polar surface area (TPSA) is 74.5 Å². The minimum Gasteiger partial charge on any atom is -0.411 e. The van der Waals surface area contributed by atoms with E-state index in [1.165, 1.54) is 11.8 Å². The summed E-state index contributed by atoms with van der Waals surface area (Å²) in [7, 11) is 2.10. The Labute approximate surface area is 194 Å². The summed E-state index contributed by atoms with van der Waals surface area (Å²) >= 11 is 13.6. The molecule has 4 rings (SSSR count). The van der Waals surface area contributed by atoms with Crippen molar-refractivity contribution in [1.82, 2.24) is 15.1 Å². The summed E-state index contributed by atoms with van der Waals surface area (Å²) in [6.45, 7) is 3.60. The molecule has 31 heavy (non-hydrogen) atoms. The number of piperazine rings is 1. The largest absolute Gasteiger partial charge is 0.411 e. The van der Waals surface area contributed by atoms with Crippen LogP contribution < -0.4 is 10.2 Å². The molecule has 0 bridgehead atoms. The van der Waals surface area contributed by atoms with Crippen LogP contribution in [0.4, 0.5) is 11.4 Å². The molecule has 2 aromatic carbocycles. The predicted molar refractivity (Wildman–Crippen MR) is 125 cm³/mol. The van der Waals surface area contributed by atoms with Crippen LogP contribution in [-0.2, 0) is 4.79 Å². The molecule has 1 aliphatic rings. The first-order chi connectivity index (χ1) is 15.0. The van der Waals surface area contributed by atoms with Crippen LogP contribution >= 0.6 is 35.0 Å². The van der Waals surface area contributed by atoms with Gasteiger partial charge in [-0.3, -0.25) is 4.79 Å². The number of amides is 1. The summed E-state index contributed by atoms with van der Waals surface area (Å²) < 4.78 is 5.64. The van der Waals surface area contributed by atoms with Crippen LogP contribution in [0.1, 0.15) is 0 Å². The molecule has 0 unspecified atom stereocenters. The van der Waals surface area contributed by atoms with Gasteiger partial charge in [-0.25, -0.2) is 0 Å².